The molecule has 0 aliphatic carbocycles. The van der Waals surface area contributed by atoms with Gasteiger partial charge >= 0.3 is 0 Å². The Morgan fingerprint density at radius 1 is 1.33 bits per heavy atom. The second kappa shape index (κ2) is 6.68. The number of nitrogens with zero attached hydrogens (tertiary/aromatic N) is 2. The predicted octanol–water partition coefficient (Wildman–Crippen LogP) is 1.41. The average Bonchev–Trinajstić information content (AvgIpc) is 2.98. The molecule has 0 bridgehead atoms. The summed E-state index contributed by atoms with van der Waals surface area (Å²) in [6.07, 6.45) is 5.47. The van der Waals surface area contributed by atoms with Crippen molar-refractivity contribution in [2.45, 2.75) is 30.7 Å². The van der Waals surface area contributed by atoms with E-state index < -0.39 is 10.0 Å². The van der Waals surface area contributed by atoms with Gasteiger partial charge in [0.1, 0.15) is 10.7 Å². The molecule has 114 valence electrons. The van der Waals surface area contributed by atoms with Crippen LogP contribution in [-0.4, -0.2) is 31.5 Å². The Hall–Kier alpha value is -1.93. The van der Waals surface area contributed by atoms with E-state index in [2.05, 4.69) is 20.0 Å². The Labute approximate surface area is 123 Å². The van der Waals surface area contributed by atoms with Crippen molar-refractivity contribution in [3.63, 3.8) is 0 Å². The molecule has 2 N–H and O–H groups in total. The summed E-state index contributed by atoms with van der Waals surface area (Å²) in [5.41, 5.74) is 0. The SMILES string of the molecule is CNc1ncc(S(=O)(=O)NC(C)CCc2ccco2)cn1. The van der Waals surface area contributed by atoms with Crippen LogP contribution in [0.15, 0.2) is 40.1 Å². The fraction of sp³-hybridized carbons (Fsp3) is 0.385. The number of nitrogens with one attached hydrogen (secondary N) is 2. The number of hydrogen-bond donors (Lipinski definition) is 2. The Bertz CT molecular complexity index is 653. The molecule has 0 aromatic carbocycles. The number of rotatable bonds is 7. The van der Waals surface area contributed by atoms with Crippen LogP contribution < -0.4 is 10.0 Å². The van der Waals surface area contributed by atoms with Crippen LogP contribution in [0.1, 0.15) is 19.1 Å². The molecule has 2 heterocycles. The molecule has 0 saturated carbocycles. The number of aromatic nitrogens is 2. The minimum atomic E-state index is -3.61. The summed E-state index contributed by atoms with van der Waals surface area (Å²) >= 11 is 0. The van der Waals surface area contributed by atoms with E-state index >= 15 is 0 Å². The van der Waals surface area contributed by atoms with E-state index in [9.17, 15) is 8.42 Å². The molecular formula is C13H18N4O3S. The molecule has 8 heteroatoms. The van der Waals surface area contributed by atoms with Crippen molar-refractivity contribution in [3.8, 4) is 0 Å². The molecule has 0 spiro atoms. The topological polar surface area (TPSA) is 97.1 Å². The van der Waals surface area contributed by atoms with Gasteiger partial charge in [-0.25, -0.2) is 23.1 Å². The first-order valence-electron chi connectivity index (χ1n) is 6.56. The van der Waals surface area contributed by atoms with Gasteiger partial charge in [-0.3, -0.25) is 0 Å². The third-order valence-electron chi connectivity index (χ3n) is 2.92. The summed E-state index contributed by atoms with van der Waals surface area (Å²) in [5.74, 6) is 1.21. The summed E-state index contributed by atoms with van der Waals surface area (Å²) in [5, 5.41) is 2.73. The zero-order valence-electron chi connectivity index (χ0n) is 11.9. The highest BCUT2D eigenvalue weighted by Gasteiger charge is 2.18. The molecule has 2 rings (SSSR count). The Morgan fingerprint density at radius 3 is 2.62 bits per heavy atom. The van der Waals surface area contributed by atoms with Gasteiger partial charge in [0.25, 0.3) is 0 Å². The van der Waals surface area contributed by atoms with Crippen molar-refractivity contribution in [2.24, 2.45) is 0 Å². The zero-order valence-corrected chi connectivity index (χ0v) is 12.7. The molecule has 2 aromatic rings. The fourth-order valence-electron chi connectivity index (χ4n) is 1.79. The molecule has 7 nitrogen and oxygen atoms in total. The molecule has 1 unspecified atom stereocenters. The minimum absolute atomic E-state index is 0.0475. The molecule has 0 radical (unpaired) electrons. The van der Waals surface area contributed by atoms with E-state index in [-0.39, 0.29) is 10.9 Å². The lowest BCUT2D eigenvalue weighted by Crippen LogP contribution is -2.33. The molecule has 0 saturated heterocycles. The van der Waals surface area contributed by atoms with Gasteiger partial charge in [-0.2, -0.15) is 0 Å². The van der Waals surface area contributed by atoms with Crippen LogP contribution in [0.4, 0.5) is 5.95 Å². The highest BCUT2D eigenvalue weighted by Crippen LogP contribution is 2.10. The van der Waals surface area contributed by atoms with Gasteiger partial charge in [-0.1, -0.05) is 0 Å². The van der Waals surface area contributed by atoms with Gasteiger partial charge in [0.05, 0.1) is 18.7 Å². The first kappa shape index (κ1) is 15.5. The van der Waals surface area contributed by atoms with Crippen molar-refractivity contribution in [2.75, 3.05) is 12.4 Å². The molecule has 0 fully saturated rings. The monoisotopic (exact) mass is 310 g/mol. The van der Waals surface area contributed by atoms with Crippen molar-refractivity contribution >= 4 is 16.0 Å². The Morgan fingerprint density at radius 2 is 2.05 bits per heavy atom. The first-order valence-corrected chi connectivity index (χ1v) is 8.04. The Kier molecular flexibility index (Phi) is 4.92. The van der Waals surface area contributed by atoms with Gasteiger partial charge < -0.3 is 9.73 Å². The maximum atomic E-state index is 12.2. The van der Waals surface area contributed by atoms with E-state index in [1.54, 1.807) is 13.3 Å². The quantitative estimate of drug-likeness (QED) is 0.802. The molecule has 0 aliphatic rings. The van der Waals surface area contributed by atoms with Crippen LogP contribution in [0.25, 0.3) is 0 Å². The van der Waals surface area contributed by atoms with Crippen LogP contribution in [0.2, 0.25) is 0 Å². The zero-order chi connectivity index (χ0) is 15.3. The average molecular weight is 310 g/mol. The van der Waals surface area contributed by atoms with Gasteiger partial charge in [0.2, 0.25) is 16.0 Å². The Balaban J connectivity index is 1.95. The molecule has 0 aliphatic heterocycles. The predicted molar refractivity (Wildman–Crippen MR) is 78.4 cm³/mol. The van der Waals surface area contributed by atoms with Crippen molar-refractivity contribution in [3.05, 3.63) is 36.5 Å². The van der Waals surface area contributed by atoms with E-state index in [0.717, 1.165) is 5.76 Å². The molecule has 1 atom stereocenters. The van der Waals surface area contributed by atoms with Crippen LogP contribution in [0.3, 0.4) is 0 Å². The van der Waals surface area contributed by atoms with Crippen molar-refractivity contribution in [1.29, 1.82) is 0 Å². The second-order valence-corrected chi connectivity index (χ2v) is 6.35. The molecule has 0 amide bonds. The lowest BCUT2D eigenvalue weighted by Gasteiger charge is -2.13. The molecular weight excluding hydrogens is 292 g/mol. The number of aryl methyl sites for hydroxylation is 1. The maximum Gasteiger partial charge on any atom is 0.243 e. The van der Waals surface area contributed by atoms with Crippen LogP contribution >= 0.6 is 0 Å². The van der Waals surface area contributed by atoms with Gasteiger partial charge in [0.15, 0.2) is 0 Å². The number of furan rings is 1. The number of anilines is 1. The summed E-state index contributed by atoms with van der Waals surface area (Å²) in [6.45, 7) is 1.81. The van der Waals surface area contributed by atoms with Gasteiger partial charge in [0, 0.05) is 19.5 Å². The summed E-state index contributed by atoms with van der Waals surface area (Å²) in [6, 6.07) is 3.46. The molecule has 2 aromatic heterocycles. The van der Waals surface area contributed by atoms with Crippen molar-refractivity contribution < 1.29 is 12.8 Å². The van der Waals surface area contributed by atoms with Crippen LogP contribution in [-0.2, 0) is 16.4 Å². The lowest BCUT2D eigenvalue weighted by molar-refractivity contribution is 0.480. The van der Waals surface area contributed by atoms with Crippen LogP contribution in [0.5, 0.6) is 0 Å². The third-order valence-corrected chi connectivity index (χ3v) is 4.47. The van der Waals surface area contributed by atoms with E-state index in [4.69, 9.17) is 4.42 Å². The molecule has 21 heavy (non-hydrogen) atoms. The minimum Gasteiger partial charge on any atom is -0.469 e. The normalized spacial score (nSPS) is 13.0. The third kappa shape index (κ3) is 4.27. The highest BCUT2D eigenvalue weighted by molar-refractivity contribution is 7.89. The first-order chi connectivity index (χ1) is 10.0. The second-order valence-electron chi connectivity index (χ2n) is 4.63. The summed E-state index contributed by atoms with van der Waals surface area (Å²) in [4.78, 5) is 7.85. The summed E-state index contributed by atoms with van der Waals surface area (Å²) < 4.78 is 32.2. The van der Waals surface area contributed by atoms with E-state index in [1.807, 2.05) is 19.1 Å². The fourth-order valence-corrected chi connectivity index (χ4v) is 2.96. The number of sulfonamides is 1. The number of hydrogen-bond acceptors (Lipinski definition) is 6. The summed E-state index contributed by atoms with van der Waals surface area (Å²) in [7, 11) is -1.94. The van der Waals surface area contributed by atoms with Gasteiger partial charge in [-0.05, 0) is 25.5 Å². The van der Waals surface area contributed by atoms with Gasteiger partial charge in [-0.15, -0.1) is 0 Å². The van der Waals surface area contributed by atoms with E-state index in [1.165, 1.54) is 12.4 Å². The van der Waals surface area contributed by atoms with E-state index in [0.29, 0.717) is 18.8 Å². The smallest absolute Gasteiger partial charge is 0.243 e. The maximum absolute atomic E-state index is 12.2. The van der Waals surface area contributed by atoms with Crippen molar-refractivity contribution in [1.82, 2.24) is 14.7 Å². The van der Waals surface area contributed by atoms with Crippen LogP contribution in [0, 0.1) is 0 Å². The standard InChI is InChI=1S/C13H18N4O3S/c1-10(5-6-11-4-3-7-20-11)17-21(18,19)12-8-15-13(14-2)16-9-12/h3-4,7-10,17H,5-6H2,1-2H3,(H,14,15,16). The largest absolute Gasteiger partial charge is 0.469 e. The highest BCUT2D eigenvalue weighted by atomic mass is 32.2. The lowest BCUT2D eigenvalue weighted by atomic mass is 10.2.